The normalized spacial score (nSPS) is 20.5. The number of carbonyl (C=O) groups is 1. The minimum absolute atomic E-state index is 0.0451. The second-order valence-corrected chi connectivity index (χ2v) is 1.59. The Bertz CT molecular complexity index is 115. The summed E-state index contributed by atoms with van der Waals surface area (Å²) in [5.74, 6) is -0.476. The van der Waals surface area contributed by atoms with Crippen molar-refractivity contribution in [3.63, 3.8) is 0 Å². The first-order valence-corrected chi connectivity index (χ1v) is 2.44. The van der Waals surface area contributed by atoms with Gasteiger partial charge in [0, 0.05) is 6.42 Å². The number of hydrogen-bond acceptors (Lipinski definition) is 3. The van der Waals surface area contributed by atoms with Gasteiger partial charge in [0.05, 0.1) is 11.3 Å². The quantitative estimate of drug-likeness (QED) is 0.448. The lowest BCUT2D eigenvalue weighted by Gasteiger charge is -1.96. The van der Waals surface area contributed by atoms with Crippen molar-refractivity contribution in [1.29, 1.82) is 0 Å². The second kappa shape index (κ2) is 1.90. The zero-order valence-electron chi connectivity index (χ0n) is 4.29. The maximum absolute atomic E-state index is 10.3. The van der Waals surface area contributed by atoms with Crippen molar-refractivity contribution in [2.75, 3.05) is 6.61 Å². The van der Waals surface area contributed by atoms with Gasteiger partial charge in [-0.15, -0.1) is 0 Å². The number of hydrogen-bond donors (Lipinski definition) is 0. The van der Waals surface area contributed by atoms with Crippen LogP contribution in [0, 0.1) is 4.91 Å². The molecule has 0 saturated carbocycles. The molecule has 4 heteroatoms. The lowest BCUT2D eigenvalue weighted by molar-refractivity contribution is -0.743. The van der Waals surface area contributed by atoms with Crippen LogP contribution in [0.2, 0.25) is 0 Å². The lowest BCUT2D eigenvalue weighted by atomic mass is 10.3. The summed E-state index contributed by atoms with van der Waals surface area (Å²) in [6.07, 6.45) is 0.987. The van der Waals surface area contributed by atoms with Crippen molar-refractivity contribution in [1.82, 2.24) is 0 Å². The van der Waals surface area contributed by atoms with E-state index < -0.39 is 5.91 Å². The summed E-state index contributed by atoms with van der Waals surface area (Å²) in [4.78, 5) is 24.8. The van der Waals surface area contributed by atoms with Gasteiger partial charge in [-0.25, -0.2) is 9.63 Å². The minimum atomic E-state index is -0.476. The molecule has 0 atom stereocenters. The fraction of sp³-hybridized carbons (Fsp3) is 0.750. The number of carbonyl (C=O) groups excluding carboxylic acids is 1. The zero-order valence-corrected chi connectivity index (χ0v) is 4.29. The molecule has 1 amide bonds. The minimum Gasteiger partial charge on any atom is -0.224 e. The van der Waals surface area contributed by atoms with Crippen LogP contribution in [-0.4, -0.2) is 17.4 Å². The molecule has 0 radical (unpaired) electrons. The van der Waals surface area contributed by atoms with Gasteiger partial charge in [-0.3, -0.25) is 0 Å². The van der Waals surface area contributed by atoms with Gasteiger partial charge in [-0.1, -0.05) is 0 Å². The molecule has 1 aliphatic heterocycles. The third-order valence-electron chi connectivity index (χ3n) is 0.947. The molecule has 0 aromatic rings. The van der Waals surface area contributed by atoms with Gasteiger partial charge in [-0.05, 0) is 0 Å². The monoisotopic (exact) mass is 116 g/mol. The Morgan fingerprint density at radius 3 is 2.75 bits per heavy atom. The van der Waals surface area contributed by atoms with Crippen molar-refractivity contribution < 1.29 is 14.6 Å². The molecule has 0 aliphatic carbocycles. The number of nitrogens with zero attached hydrogens (tertiary/aromatic N) is 1. The van der Waals surface area contributed by atoms with Crippen molar-refractivity contribution in [3.8, 4) is 0 Å². The molecular weight excluding hydrogens is 110 g/mol. The summed E-state index contributed by atoms with van der Waals surface area (Å²) in [5.41, 5.74) is 0. The van der Waals surface area contributed by atoms with Crippen LogP contribution in [0.1, 0.15) is 12.8 Å². The fourth-order valence-electron chi connectivity index (χ4n) is 0.534. The summed E-state index contributed by atoms with van der Waals surface area (Å²) in [6, 6.07) is 0. The van der Waals surface area contributed by atoms with Crippen LogP contribution in [0.25, 0.3) is 0 Å². The van der Waals surface area contributed by atoms with Crippen molar-refractivity contribution >= 4 is 5.91 Å². The molecule has 0 unspecified atom stereocenters. The molecule has 4 nitrogen and oxygen atoms in total. The Morgan fingerprint density at radius 2 is 2.38 bits per heavy atom. The summed E-state index contributed by atoms with van der Waals surface area (Å²) in [5, 5.41) is 0. The predicted molar refractivity (Wildman–Crippen MR) is 23.8 cm³/mol. The van der Waals surface area contributed by atoms with Crippen LogP contribution in [0.3, 0.4) is 0 Å². The summed E-state index contributed by atoms with van der Waals surface area (Å²) in [7, 11) is 0. The third kappa shape index (κ3) is 0.828. The number of amides is 1. The predicted octanol–water partition coefficient (Wildman–Crippen LogP) is 0.0173. The Balaban J connectivity index is 2.52. The van der Waals surface area contributed by atoms with Gasteiger partial charge in [0.2, 0.25) is 0 Å². The molecular formula is C4H6NO3+. The Labute approximate surface area is 46.0 Å². The highest BCUT2D eigenvalue weighted by molar-refractivity contribution is 5.66. The molecule has 1 fully saturated rings. The SMILES string of the molecule is O=C1CCCO[N+]1=O. The summed E-state index contributed by atoms with van der Waals surface area (Å²) in [6.45, 7) is 0.370. The van der Waals surface area contributed by atoms with E-state index in [0.29, 0.717) is 19.4 Å². The van der Waals surface area contributed by atoms with Gasteiger partial charge in [-0.2, -0.15) is 0 Å². The average molecular weight is 116 g/mol. The van der Waals surface area contributed by atoms with Gasteiger partial charge >= 0.3 is 5.91 Å². The zero-order chi connectivity index (χ0) is 5.98. The molecule has 8 heavy (non-hydrogen) atoms. The van der Waals surface area contributed by atoms with Crippen LogP contribution in [0.5, 0.6) is 0 Å². The molecule has 1 heterocycles. The van der Waals surface area contributed by atoms with Crippen LogP contribution in [-0.2, 0) is 9.63 Å². The molecule has 0 spiro atoms. The van der Waals surface area contributed by atoms with Crippen LogP contribution < -0.4 is 0 Å². The molecule has 1 aliphatic rings. The first-order valence-electron chi connectivity index (χ1n) is 2.44. The third-order valence-corrected chi connectivity index (χ3v) is 0.947. The average Bonchev–Trinajstić information content (AvgIpc) is 1.77. The lowest BCUT2D eigenvalue weighted by Crippen LogP contribution is -2.24. The van der Waals surface area contributed by atoms with E-state index in [1.165, 1.54) is 0 Å². The van der Waals surface area contributed by atoms with E-state index in [1.807, 2.05) is 0 Å². The van der Waals surface area contributed by atoms with Crippen LogP contribution in [0.4, 0.5) is 0 Å². The van der Waals surface area contributed by atoms with Crippen molar-refractivity contribution in [2.24, 2.45) is 0 Å². The van der Waals surface area contributed by atoms with Crippen molar-refractivity contribution in [3.05, 3.63) is 4.91 Å². The Kier molecular flexibility index (Phi) is 1.24. The molecule has 0 aromatic carbocycles. The standard InChI is InChI=1S/C4H6NO3/c6-4-2-1-3-8-5(4)7/h1-3H2/q+1. The summed E-state index contributed by atoms with van der Waals surface area (Å²) >= 11 is 0. The van der Waals surface area contributed by atoms with E-state index in [-0.39, 0.29) is 4.92 Å². The highest BCUT2D eigenvalue weighted by Crippen LogP contribution is 2.00. The molecule has 0 aromatic heterocycles. The van der Waals surface area contributed by atoms with Crippen LogP contribution in [0.15, 0.2) is 0 Å². The summed E-state index contributed by atoms with van der Waals surface area (Å²) < 4.78 is 0. The first kappa shape index (κ1) is 5.21. The molecule has 0 N–H and O–H groups in total. The molecule has 1 saturated heterocycles. The maximum Gasteiger partial charge on any atom is 0.490 e. The van der Waals surface area contributed by atoms with Gasteiger partial charge < -0.3 is 0 Å². The van der Waals surface area contributed by atoms with E-state index in [0.717, 1.165) is 0 Å². The smallest absolute Gasteiger partial charge is 0.224 e. The van der Waals surface area contributed by atoms with Gasteiger partial charge in [0.1, 0.15) is 0 Å². The van der Waals surface area contributed by atoms with Crippen molar-refractivity contribution in [2.45, 2.75) is 12.8 Å². The van der Waals surface area contributed by atoms with Gasteiger partial charge in [0.15, 0.2) is 6.61 Å². The first-order chi connectivity index (χ1) is 3.80. The van der Waals surface area contributed by atoms with Crippen LogP contribution >= 0.6 is 0 Å². The second-order valence-electron chi connectivity index (χ2n) is 1.59. The molecule has 1 rings (SSSR count). The largest absolute Gasteiger partial charge is 0.490 e. The Morgan fingerprint density at radius 1 is 1.62 bits per heavy atom. The van der Waals surface area contributed by atoms with E-state index >= 15 is 0 Å². The van der Waals surface area contributed by atoms with Gasteiger partial charge in [0.25, 0.3) is 4.92 Å². The number of rotatable bonds is 0. The Hall–Kier alpha value is -0.930. The van der Waals surface area contributed by atoms with E-state index in [2.05, 4.69) is 4.84 Å². The topological polar surface area (TPSA) is 46.4 Å². The molecule has 0 bridgehead atoms. The molecule has 44 valence electrons. The maximum atomic E-state index is 10.3. The van der Waals surface area contributed by atoms with E-state index in [4.69, 9.17) is 0 Å². The van der Waals surface area contributed by atoms with E-state index in [1.54, 1.807) is 0 Å². The highest BCUT2D eigenvalue weighted by Gasteiger charge is 2.28. The fourth-order valence-corrected chi connectivity index (χ4v) is 0.534. The highest BCUT2D eigenvalue weighted by atomic mass is 16.8. The van der Waals surface area contributed by atoms with E-state index in [9.17, 15) is 9.70 Å².